The summed E-state index contributed by atoms with van der Waals surface area (Å²) in [5, 5.41) is 11.4. The van der Waals surface area contributed by atoms with Gasteiger partial charge in [0.15, 0.2) is 6.10 Å². The lowest BCUT2D eigenvalue weighted by Crippen LogP contribution is -2.25. The molecular weight excluding hydrogens is 251 g/mol. The largest absolute Gasteiger partial charge is 0.441 e. The van der Waals surface area contributed by atoms with Crippen molar-refractivity contribution in [2.24, 2.45) is 0 Å². The van der Waals surface area contributed by atoms with Crippen LogP contribution >= 0.6 is 0 Å². The minimum atomic E-state index is -4.45. The number of cyclic esters (lactones) is 1. The van der Waals surface area contributed by atoms with Gasteiger partial charge in [0, 0.05) is 0 Å². The van der Waals surface area contributed by atoms with E-state index in [1.54, 1.807) is 0 Å². The second kappa shape index (κ2) is 4.49. The molecule has 7 heteroatoms. The van der Waals surface area contributed by atoms with Crippen molar-refractivity contribution < 1.29 is 27.8 Å². The van der Waals surface area contributed by atoms with Crippen LogP contribution in [0.3, 0.4) is 0 Å². The van der Waals surface area contributed by atoms with Crippen molar-refractivity contribution in [3.63, 3.8) is 0 Å². The Labute approximate surface area is 100 Å². The maximum Gasteiger partial charge on any atom is 0.416 e. The number of carbonyl (C=O) groups is 1. The number of ether oxygens (including phenoxy) is 1. The van der Waals surface area contributed by atoms with Gasteiger partial charge in [-0.25, -0.2) is 4.79 Å². The van der Waals surface area contributed by atoms with E-state index in [9.17, 15) is 18.0 Å². The highest BCUT2D eigenvalue weighted by atomic mass is 19.4. The Hall–Kier alpha value is -1.76. The van der Waals surface area contributed by atoms with Crippen molar-refractivity contribution in [2.75, 3.05) is 6.61 Å². The van der Waals surface area contributed by atoms with Crippen LogP contribution in [0.2, 0.25) is 0 Å². The Morgan fingerprint density at radius 1 is 1.39 bits per heavy atom. The summed E-state index contributed by atoms with van der Waals surface area (Å²) < 4.78 is 42.3. The zero-order valence-corrected chi connectivity index (χ0v) is 9.07. The highest BCUT2D eigenvalue weighted by molar-refractivity contribution is 5.70. The van der Waals surface area contributed by atoms with Crippen LogP contribution in [-0.2, 0) is 10.9 Å². The van der Waals surface area contributed by atoms with Crippen molar-refractivity contribution in [2.45, 2.75) is 18.3 Å². The zero-order valence-electron chi connectivity index (χ0n) is 9.07. The summed E-state index contributed by atoms with van der Waals surface area (Å²) in [7, 11) is 0. The van der Waals surface area contributed by atoms with E-state index in [4.69, 9.17) is 9.84 Å². The minimum Gasteiger partial charge on any atom is -0.441 e. The number of halogens is 3. The fourth-order valence-electron chi connectivity index (χ4n) is 1.81. The first kappa shape index (κ1) is 12.7. The predicted molar refractivity (Wildman–Crippen MR) is 54.7 cm³/mol. The summed E-state index contributed by atoms with van der Waals surface area (Å²) in [6.45, 7) is -0.459. The van der Waals surface area contributed by atoms with E-state index in [2.05, 4.69) is 5.32 Å². The van der Waals surface area contributed by atoms with Gasteiger partial charge in [-0.1, -0.05) is 12.1 Å². The summed E-state index contributed by atoms with van der Waals surface area (Å²) in [6.07, 6.45) is -6.08. The quantitative estimate of drug-likeness (QED) is 0.854. The number of aliphatic hydroxyl groups is 1. The Kier molecular flexibility index (Phi) is 3.16. The van der Waals surface area contributed by atoms with Crippen LogP contribution in [0.5, 0.6) is 0 Å². The molecule has 1 aliphatic heterocycles. The van der Waals surface area contributed by atoms with Gasteiger partial charge in [-0.15, -0.1) is 0 Å². The lowest BCUT2D eigenvalue weighted by atomic mass is 10.0. The number of nitrogens with one attached hydrogen (secondary N) is 1. The zero-order chi connectivity index (χ0) is 13.3. The number of hydrogen-bond acceptors (Lipinski definition) is 3. The van der Waals surface area contributed by atoms with E-state index in [0.717, 1.165) is 12.1 Å². The molecule has 0 bridgehead atoms. The van der Waals surface area contributed by atoms with E-state index in [-0.39, 0.29) is 5.56 Å². The molecule has 0 unspecified atom stereocenters. The first-order valence-corrected chi connectivity index (χ1v) is 5.17. The van der Waals surface area contributed by atoms with Gasteiger partial charge in [0.1, 0.15) is 0 Å². The molecule has 1 saturated heterocycles. The van der Waals surface area contributed by atoms with E-state index in [1.165, 1.54) is 12.1 Å². The molecule has 2 atom stereocenters. The van der Waals surface area contributed by atoms with Gasteiger partial charge in [-0.05, 0) is 17.7 Å². The number of hydrogen-bond donors (Lipinski definition) is 2. The molecule has 1 aliphatic rings. The number of carbonyl (C=O) groups excluding carboxylic acids is 1. The Bertz CT molecular complexity index is 461. The molecule has 1 amide bonds. The second-order valence-electron chi connectivity index (χ2n) is 3.87. The van der Waals surface area contributed by atoms with E-state index in [1.807, 2.05) is 0 Å². The lowest BCUT2D eigenvalue weighted by Gasteiger charge is -2.16. The first-order chi connectivity index (χ1) is 8.41. The predicted octanol–water partition coefficient (Wildman–Crippen LogP) is 1.85. The molecule has 0 radical (unpaired) electrons. The van der Waals surface area contributed by atoms with Gasteiger partial charge in [-0.2, -0.15) is 13.2 Å². The Morgan fingerprint density at radius 3 is 2.72 bits per heavy atom. The molecule has 2 rings (SSSR count). The van der Waals surface area contributed by atoms with Crippen LogP contribution in [0.15, 0.2) is 24.3 Å². The standard InChI is InChI=1S/C11H10F3NO3/c12-11(13,14)7-3-1-2-6(4-7)9-8(5-16)18-10(17)15-9/h1-4,8-9,16H,5H2,(H,15,17)/t8-,9-/m0/s1. The molecular formula is C11H10F3NO3. The third-order valence-corrected chi connectivity index (χ3v) is 2.66. The smallest absolute Gasteiger partial charge is 0.416 e. The average Bonchev–Trinajstić information content (AvgIpc) is 2.69. The number of aliphatic hydroxyl groups excluding tert-OH is 1. The number of alkyl halides is 3. The summed E-state index contributed by atoms with van der Waals surface area (Å²) in [4.78, 5) is 11.0. The average molecular weight is 261 g/mol. The summed E-state index contributed by atoms with van der Waals surface area (Å²) in [5.41, 5.74) is -0.562. The fraction of sp³-hybridized carbons (Fsp3) is 0.364. The van der Waals surface area contributed by atoms with E-state index in [0.29, 0.717) is 0 Å². The second-order valence-corrected chi connectivity index (χ2v) is 3.87. The normalized spacial score (nSPS) is 23.7. The molecule has 1 aromatic rings. The lowest BCUT2D eigenvalue weighted by molar-refractivity contribution is -0.137. The third-order valence-electron chi connectivity index (χ3n) is 2.66. The molecule has 1 heterocycles. The van der Waals surface area contributed by atoms with E-state index < -0.39 is 36.6 Å². The van der Waals surface area contributed by atoms with Crippen LogP contribution in [0, 0.1) is 0 Å². The van der Waals surface area contributed by atoms with Gasteiger partial charge in [0.05, 0.1) is 18.2 Å². The molecule has 98 valence electrons. The molecule has 0 saturated carbocycles. The van der Waals surface area contributed by atoms with Crippen LogP contribution in [0.4, 0.5) is 18.0 Å². The molecule has 0 aliphatic carbocycles. The maximum absolute atomic E-state index is 12.5. The van der Waals surface area contributed by atoms with Gasteiger partial charge in [0.25, 0.3) is 0 Å². The van der Waals surface area contributed by atoms with E-state index >= 15 is 0 Å². The summed E-state index contributed by atoms with van der Waals surface area (Å²) in [6, 6.07) is 3.79. The number of rotatable bonds is 2. The highest BCUT2D eigenvalue weighted by Crippen LogP contribution is 2.32. The van der Waals surface area contributed by atoms with Gasteiger partial charge in [0.2, 0.25) is 0 Å². The number of benzene rings is 1. The molecule has 1 aromatic carbocycles. The van der Waals surface area contributed by atoms with Gasteiger partial charge in [-0.3, -0.25) is 0 Å². The van der Waals surface area contributed by atoms with Crippen molar-refractivity contribution in [3.8, 4) is 0 Å². The van der Waals surface area contributed by atoms with Gasteiger partial charge >= 0.3 is 12.3 Å². The number of amides is 1. The fourth-order valence-corrected chi connectivity index (χ4v) is 1.81. The van der Waals surface area contributed by atoms with Crippen molar-refractivity contribution in [1.29, 1.82) is 0 Å². The topological polar surface area (TPSA) is 58.6 Å². The Morgan fingerprint density at radius 2 is 2.11 bits per heavy atom. The highest BCUT2D eigenvalue weighted by Gasteiger charge is 2.36. The summed E-state index contributed by atoms with van der Waals surface area (Å²) >= 11 is 0. The van der Waals surface area contributed by atoms with Crippen molar-refractivity contribution in [3.05, 3.63) is 35.4 Å². The minimum absolute atomic E-state index is 0.245. The van der Waals surface area contributed by atoms with Crippen LogP contribution in [0.25, 0.3) is 0 Å². The molecule has 0 spiro atoms. The van der Waals surface area contributed by atoms with Crippen LogP contribution in [0.1, 0.15) is 17.2 Å². The Balaban J connectivity index is 2.31. The first-order valence-electron chi connectivity index (χ1n) is 5.17. The summed E-state index contributed by atoms with van der Waals surface area (Å²) in [5.74, 6) is 0. The molecule has 0 aromatic heterocycles. The van der Waals surface area contributed by atoms with Gasteiger partial charge < -0.3 is 15.2 Å². The van der Waals surface area contributed by atoms with Crippen molar-refractivity contribution in [1.82, 2.24) is 5.32 Å². The molecule has 18 heavy (non-hydrogen) atoms. The van der Waals surface area contributed by atoms with Crippen molar-refractivity contribution >= 4 is 6.09 Å². The number of alkyl carbamates (subject to hydrolysis) is 1. The molecule has 2 N–H and O–H groups in total. The third kappa shape index (κ3) is 2.40. The SMILES string of the molecule is O=C1N[C@@H](c2cccc(C(F)(F)F)c2)[C@H](CO)O1. The monoisotopic (exact) mass is 261 g/mol. The van der Waals surface area contributed by atoms with Crippen LogP contribution in [-0.4, -0.2) is 23.9 Å². The van der Waals surface area contributed by atoms with Crippen LogP contribution < -0.4 is 5.32 Å². The molecule has 4 nitrogen and oxygen atoms in total. The molecule has 1 fully saturated rings. The maximum atomic E-state index is 12.5.